The van der Waals surface area contributed by atoms with Gasteiger partial charge in [-0.3, -0.25) is 4.79 Å². The third-order valence-corrected chi connectivity index (χ3v) is 5.31. The van der Waals surface area contributed by atoms with Crippen LogP contribution in [0.2, 0.25) is 0 Å². The normalized spacial score (nSPS) is 14.4. The van der Waals surface area contributed by atoms with E-state index in [-0.39, 0.29) is 5.69 Å². The number of aromatic amines is 1. The third-order valence-electron chi connectivity index (χ3n) is 4.37. The van der Waals surface area contributed by atoms with E-state index in [0.29, 0.717) is 19.5 Å². The Morgan fingerprint density at radius 2 is 2.22 bits per heavy atom. The number of H-pyrrole nitrogens is 1. The second kappa shape index (κ2) is 6.80. The molecule has 0 saturated carbocycles. The molecular formula is C16H15F3N6OS. The molecule has 7 nitrogen and oxygen atoms in total. The first-order valence-electron chi connectivity index (χ1n) is 8.28. The summed E-state index contributed by atoms with van der Waals surface area (Å²) in [6, 6.07) is 1.89. The van der Waals surface area contributed by atoms with Crippen molar-refractivity contribution in [2.75, 3.05) is 18.0 Å². The summed E-state index contributed by atoms with van der Waals surface area (Å²) < 4.78 is 41.0. The number of rotatable bonds is 4. The van der Waals surface area contributed by atoms with Gasteiger partial charge in [0.1, 0.15) is 23.5 Å². The van der Waals surface area contributed by atoms with Crippen molar-refractivity contribution in [3.05, 3.63) is 34.7 Å². The maximum Gasteiger partial charge on any atom is 0.390 e. The van der Waals surface area contributed by atoms with Gasteiger partial charge in [-0.05, 0) is 17.6 Å². The van der Waals surface area contributed by atoms with E-state index in [1.165, 1.54) is 17.9 Å². The molecule has 27 heavy (non-hydrogen) atoms. The Bertz CT molecular complexity index is 982. The molecule has 0 saturated heterocycles. The van der Waals surface area contributed by atoms with Crippen LogP contribution < -0.4 is 10.2 Å². The highest BCUT2D eigenvalue weighted by molar-refractivity contribution is 7.06. The summed E-state index contributed by atoms with van der Waals surface area (Å²) >= 11 is 1.22. The van der Waals surface area contributed by atoms with Crippen LogP contribution in [0.15, 0.2) is 18.6 Å². The third kappa shape index (κ3) is 3.59. The van der Waals surface area contributed by atoms with E-state index in [1.54, 1.807) is 6.20 Å². The number of hydrogen-bond donors (Lipinski definition) is 2. The Hall–Kier alpha value is -2.69. The van der Waals surface area contributed by atoms with Gasteiger partial charge in [-0.1, -0.05) is 0 Å². The number of halogens is 3. The smallest absolute Gasteiger partial charge is 0.351 e. The van der Waals surface area contributed by atoms with Crippen LogP contribution in [0, 0.1) is 0 Å². The summed E-state index contributed by atoms with van der Waals surface area (Å²) in [4.78, 5) is 26.9. The first-order chi connectivity index (χ1) is 12.9. The molecule has 2 N–H and O–H groups in total. The molecule has 1 amide bonds. The van der Waals surface area contributed by atoms with E-state index < -0.39 is 25.0 Å². The van der Waals surface area contributed by atoms with Crippen molar-refractivity contribution in [3.63, 3.8) is 0 Å². The first kappa shape index (κ1) is 17.7. The molecule has 1 aliphatic heterocycles. The van der Waals surface area contributed by atoms with Gasteiger partial charge in [-0.25, -0.2) is 9.97 Å². The van der Waals surface area contributed by atoms with Gasteiger partial charge in [0.15, 0.2) is 0 Å². The molecule has 0 spiro atoms. The molecule has 11 heteroatoms. The van der Waals surface area contributed by atoms with Crippen LogP contribution in [0.1, 0.15) is 27.3 Å². The number of nitrogens with zero attached hydrogens (tertiary/aromatic N) is 4. The van der Waals surface area contributed by atoms with Crippen LogP contribution in [0.25, 0.3) is 11.0 Å². The van der Waals surface area contributed by atoms with Crippen LogP contribution in [0.4, 0.5) is 19.0 Å². The minimum atomic E-state index is -4.31. The zero-order valence-electron chi connectivity index (χ0n) is 14.0. The molecule has 3 aromatic rings. The molecule has 142 valence electrons. The van der Waals surface area contributed by atoms with Gasteiger partial charge in [-0.15, -0.1) is 0 Å². The average molecular weight is 396 g/mol. The van der Waals surface area contributed by atoms with Crippen molar-refractivity contribution < 1.29 is 18.0 Å². The topological polar surface area (TPSA) is 86.8 Å². The predicted molar refractivity (Wildman–Crippen MR) is 93.8 cm³/mol. The van der Waals surface area contributed by atoms with Crippen LogP contribution >= 0.6 is 11.5 Å². The van der Waals surface area contributed by atoms with Crippen molar-refractivity contribution in [1.29, 1.82) is 0 Å². The maximum absolute atomic E-state index is 12.3. The lowest BCUT2D eigenvalue weighted by Gasteiger charge is -2.28. The Kier molecular flexibility index (Phi) is 4.46. The Morgan fingerprint density at radius 3 is 3.04 bits per heavy atom. The summed E-state index contributed by atoms with van der Waals surface area (Å²) in [5.41, 5.74) is 1.67. The van der Waals surface area contributed by atoms with Gasteiger partial charge in [0.2, 0.25) is 0 Å². The second-order valence-electron chi connectivity index (χ2n) is 6.16. The van der Waals surface area contributed by atoms with Crippen LogP contribution in [-0.2, 0) is 13.0 Å². The summed E-state index contributed by atoms with van der Waals surface area (Å²) in [7, 11) is 0. The molecule has 0 unspecified atom stereocenters. The van der Waals surface area contributed by atoms with E-state index in [0.717, 1.165) is 27.3 Å². The maximum atomic E-state index is 12.3. The lowest BCUT2D eigenvalue weighted by molar-refractivity contribution is -0.132. The number of aromatic nitrogens is 4. The Morgan fingerprint density at radius 1 is 1.37 bits per heavy atom. The number of fused-ring (bicyclic) bond motifs is 2. The first-order valence-corrected chi connectivity index (χ1v) is 9.05. The fourth-order valence-electron chi connectivity index (χ4n) is 3.08. The lowest BCUT2D eigenvalue weighted by atomic mass is 10.1. The molecule has 1 aliphatic rings. The van der Waals surface area contributed by atoms with Gasteiger partial charge in [0, 0.05) is 42.7 Å². The predicted octanol–water partition coefficient (Wildman–Crippen LogP) is 2.66. The molecule has 0 bridgehead atoms. The van der Waals surface area contributed by atoms with Crippen molar-refractivity contribution in [2.45, 2.75) is 25.6 Å². The molecular weight excluding hydrogens is 381 g/mol. The quantitative estimate of drug-likeness (QED) is 0.708. The monoisotopic (exact) mass is 396 g/mol. The number of carbonyl (C=O) groups is 1. The number of alkyl halides is 3. The largest absolute Gasteiger partial charge is 0.390 e. The number of hydrogen-bond acceptors (Lipinski definition) is 6. The molecule has 4 heterocycles. The van der Waals surface area contributed by atoms with E-state index in [2.05, 4.69) is 24.6 Å². The van der Waals surface area contributed by atoms with Gasteiger partial charge in [-0.2, -0.15) is 17.5 Å². The highest BCUT2D eigenvalue weighted by atomic mass is 32.1. The number of nitrogens with one attached hydrogen (secondary N) is 2. The van der Waals surface area contributed by atoms with E-state index in [4.69, 9.17) is 0 Å². The van der Waals surface area contributed by atoms with Gasteiger partial charge >= 0.3 is 6.18 Å². The van der Waals surface area contributed by atoms with Crippen LogP contribution in [-0.4, -0.2) is 44.5 Å². The molecule has 3 aromatic heterocycles. The lowest BCUT2D eigenvalue weighted by Crippen LogP contribution is -2.33. The second-order valence-corrected chi connectivity index (χ2v) is 7.02. The van der Waals surface area contributed by atoms with Gasteiger partial charge in [0.25, 0.3) is 5.91 Å². The molecule has 0 fully saturated rings. The van der Waals surface area contributed by atoms with Crippen molar-refractivity contribution in [3.8, 4) is 0 Å². The Balaban J connectivity index is 1.53. The Labute approximate surface area is 155 Å². The fourth-order valence-corrected chi connectivity index (χ4v) is 3.93. The number of anilines is 1. The van der Waals surface area contributed by atoms with Crippen LogP contribution in [0.3, 0.4) is 0 Å². The molecule has 4 rings (SSSR count). The molecule has 0 aromatic carbocycles. The zero-order chi connectivity index (χ0) is 19.0. The highest BCUT2D eigenvalue weighted by Gasteiger charge is 2.29. The summed E-state index contributed by atoms with van der Waals surface area (Å²) in [6.07, 6.45) is -1.42. The fraction of sp³-hybridized carbons (Fsp3) is 0.375. The van der Waals surface area contributed by atoms with E-state index in [1.807, 2.05) is 11.0 Å². The van der Waals surface area contributed by atoms with Crippen LogP contribution in [0.5, 0.6) is 0 Å². The van der Waals surface area contributed by atoms with E-state index in [9.17, 15) is 18.0 Å². The molecule has 0 atom stereocenters. The number of carbonyl (C=O) groups excluding carboxylic acids is 1. The average Bonchev–Trinajstić information content (AvgIpc) is 3.26. The van der Waals surface area contributed by atoms with E-state index >= 15 is 0 Å². The summed E-state index contributed by atoms with van der Waals surface area (Å²) in [6.45, 7) is 0.668. The summed E-state index contributed by atoms with van der Waals surface area (Å²) in [5, 5.41) is 3.18. The molecule has 0 radical (unpaired) electrons. The van der Waals surface area contributed by atoms with Gasteiger partial charge < -0.3 is 15.2 Å². The van der Waals surface area contributed by atoms with Crippen molar-refractivity contribution >= 4 is 34.3 Å². The SMILES string of the molecule is O=C(NCCC(F)(F)F)c1nsc2c1CN(c1ncnc3[nH]ccc13)CC2. The number of amides is 1. The van der Waals surface area contributed by atoms with Crippen molar-refractivity contribution in [1.82, 2.24) is 24.6 Å². The molecule has 0 aliphatic carbocycles. The van der Waals surface area contributed by atoms with Gasteiger partial charge in [0.05, 0.1) is 11.8 Å². The van der Waals surface area contributed by atoms with Crippen molar-refractivity contribution in [2.24, 2.45) is 0 Å². The zero-order valence-corrected chi connectivity index (χ0v) is 14.8. The highest BCUT2D eigenvalue weighted by Crippen LogP contribution is 2.31. The standard InChI is InChI=1S/C16H15F3N6OS/c17-16(18,19)3-5-21-15(26)12-10-7-25(6-2-11(10)27-24-12)14-9-1-4-20-13(9)22-8-23-14/h1,4,8H,2-3,5-7H2,(H,21,26)(H,20,22,23). The minimum Gasteiger partial charge on any atom is -0.351 e. The minimum absolute atomic E-state index is 0.196. The summed E-state index contributed by atoms with van der Waals surface area (Å²) in [5.74, 6) is 0.176.